The number of aliphatic hydroxyl groups is 1. The van der Waals surface area contributed by atoms with Crippen LogP contribution >= 0.6 is 7.82 Å². The summed E-state index contributed by atoms with van der Waals surface area (Å²) in [6.45, 7) is 4.82. The molecule has 0 saturated heterocycles. The molecule has 0 aliphatic rings. The predicted molar refractivity (Wildman–Crippen MR) is 318 cm³/mol. The van der Waals surface area contributed by atoms with Crippen LogP contribution in [0.4, 0.5) is 0 Å². The van der Waals surface area contributed by atoms with E-state index in [-0.39, 0.29) is 19.1 Å². The lowest BCUT2D eigenvalue weighted by molar-refractivity contribution is -0.870. The number of hydrogen-bond donors (Lipinski definition) is 3. The molecule has 1 amide bonds. The largest absolute Gasteiger partial charge is 0.472 e. The van der Waals surface area contributed by atoms with Crippen LogP contribution in [0, 0.1) is 0 Å². The Morgan fingerprint density at radius 2 is 0.781 bits per heavy atom. The quantitative estimate of drug-likeness (QED) is 0.0243. The van der Waals surface area contributed by atoms with Crippen molar-refractivity contribution >= 4 is 13.7 Å². The second kappa shape index (κ2) is 55.5. The third-order valence-electron chi connectivity index (χ3n) is 14.6. The molecule has 0 aromatic heterocycles. The Morgan fingerprint density at radius 1 is 0.466 bits per heavy atom. The summed E-state index contributed by atoms with van der Waals surface area (Å²) in [5.74, 6) is -0.172. The number of phosphoric acid groups is 1. The standard InChI is InChI=1S/C64H125N2O6P/c1-6-8-10-12-14-16-18-20-21-22-23-24-25-26-27-28-29-30-31-32-33-34-35-36-37-38-39-40-41-42-43-44-45-46-48-50-52-54-56-58-64(68)65-62(61-72-73(69,70)71-60-59-66(3,4)5)63(67)57-55-53-51-49-47-19-17-15-13-11-9-7-2/h18,20,22-23,55,57,62-63,67H,6-17,19,21,24-54,56,58-61H2,1-5H3,(H-,65,68,69,70)/p+1/b20-18-,23-22-,57-55+. The first-order valence-electron chi connectivity index (χ1n) is 31.9. The van der Waals surface area contributed by atoms with E-state index in [1.165, 1.54) is 250 Å². The highest BCUT2D eigenvalue weighted by Gasteiger charge is 2.28. The number of carbonyl (C=O) groups is 1. The number of nitrogens with zero attached hydrogens (tertiary/aromatic N) is 1. The zero-order valence-corrected chi connectivity index (χ0v) is 50.3. The van der Waals surface area contributed by atoms with Gasteiger partial charge in [0.05, 0.1) is 39.9 Å². The molecule has 0 aromatic rings. The van der Waals surface area contributed by atoms with E-state index < -0.39 is 20.0 Å². The molecule has 0 fully saturated rings. The summed E-state index contributed by atoms with van der Waals surface area (Å²) < 4.78 is 23.7. The number of carbonyl (C=O) groups excluding carboxylic acids is 1. The molecule has 8 nitrogen and oxygen atoms in total. The average molecular weight is 1050 g/mol. The first kappa shape index (κ1) is 71.7. The van der Waals surface area contributed by atoms with Crippen LogP contribution in [0.5, 0.6) is 0 Å². The summed E-state index contributed by atoms with van der Waals surface area (Å²) >= 11 is 0. The highest BCUT2D eigenvalue weighted by Crippen LogP contribution is 2.43. The number of aliphatic hydroxyl groups excluding tert-OH is 1. The van der Waals surface area contributed by atoms with Crippen LogP contribution in [-0.4, -0.2) is 73.4 Å². The highest BCUT2D eigenvalue weighted by molar-refractivity contribution is 7.47. The van der Waals surface area contributed by atoms with E-state index in [2.05, 4.69) is 43.5 Å². The molecular weight excluding hydrogens is 924 g/mol. The van der Waals surface area contributed by atoms with Gasteiger partial charge in [-0.15, -0.1) is 0 Å². The number of amides is 1. The number of likely N-dealkylation sites (N-methyl/N-ethyl adjacent to an activating group) is 1. The van der Waals surface area contributed by atoms with E-state index in [0.717, 1.165) is 44.9 Å². The van der Waals surface area contributed by atoms with Crippen molar-refractivity contribution in [1.29, 1.82) is 0 Å². The molecule has 3 N–H and O–H groups in total. The zero-order chi connectivity index (χ0) is 53.5. The van der Waals surface area contributed by atoms with Crippen LogP contribution in [0.15, 0.2) is 36.5 Å². The SMILES string of the molecule is CCCCCCC/C=C\C/C=C\CCCCCCCCCCCCCCCCCCCCCCCCCCCCCC(=O)NC(COP(=O)(O)OCC[N+](C)(C)C)C(O)/C=C/CCCCCCCCCCCC. The Kier molecular flexibility index (Phi) is 54.5. The monoisotopic (exact) mass is 1050 g/mol. The molecule has 0 saturated carbocycles. The van der Waals surface area contributed by atoms with E-state index in [1.54, 1.807) is 6.08 Å². The van der Waals surface area contributed by atoms with Crippen LogP contribution in [0.2, 0.25) is 0 Å². The van der Waals surface area contributed by atoms with Crippen LogP contribution in [-0.2, 0) is 18.4 Å². The van der Waals surface area contributed by atoms with E-state index in [4.69, 9.17) is 9.05 Å². The summed E-state index contributed by atoms with van der Waals surface area (Å²) in [7, 11) is 1.58. The summed E-state index contributed by atoms with van der Waals surface area (Å²) in [4.78, 5) is 23.3. The number of phosphoric ester groups is 1. The predicted octanol–water partition coefficient (Wildman–Crippen LogP) is 19.7. The normalized spacial score (nSPS) is 14.0. The second-order valence-corrected chi connectivity index (χ2v) is 24.6. The minimum absolute atomic E-state index is 0.0636. The fourth-order valence-electron chi connectivity index (χ4n) is 9.61. The fraction of sp³-hybridized carbons (Fsp3) is 0.891. The van der Waals surface area contributed by atoms with Crippen molar-refractivity contribution in [3.8, 4) is 0 Å². The van der Waals surface area contributed by atoms with Crippen molar-refractivity contribution in [2.75, 3.05) is 40.9 Å². The lowest BCUT2D eigenvalue weighted by atomic mass is 10.0. The molecule has 0 spiro atoms. The van der Waals surface area contributed by atoms with Gasteiger partial charge in [-0.25, -0.2) is 4.57 Å². The van der Waals surface area contributed by atoms with E-state index in [9.17, 15) is 19.4 Å². The summed E-state index contributed by atoms with van der Waals surface area (Å²) in [6, 6.07) is -0.843. The third kappa shape index (κ3) is 58.2. The van der Waals surface area contributed by atoms with Crippen molar-refractivity contribution in [3.05, 3.63) is 36.5 Å². The molecular formula is C64H126N2O6P+. The minimum atomic E-state index is -4.34. The van der Waals surface area contributed by atoms with Crippen LogP contribution in [0.3, 0.4) is 0 Å². The van der Waals surface area contributed by atoms with E-state index >= 15 is 0 Å². The van der Waals surface area contributed by atoms with Gasteiger partial charge >= 0.3 is 7.82 Å². The van der Waals surface area contributed by atoms with Crippen molar-refractivity contribution < 1.29 is 32.9 Å². The van der Waals surface area contributed by atoms with Crippen molar-refractivity contribution in [3.63, 3.8) is 0 Å². The Morgan fingerprint density at radius 3 is 1.12 bits per heavy atom. The molecule has 3 atom stereocenters. The van der Waals surface area contributed by atoms with Gasteiger partial charge in [0.25, 0.3) is 0 Å². The summed E-state index contributed by atoms with van der Waals surface area (Å²) in [5.41, 5.74) is 0. The smallest absolute Gasteiger partial charge is 0.387 e. The number of quaternary nitrogens is 1. The van der Waals surface area contributed by atoms with Crippen molar-refractivity contribution in [1.82, 2.24) is 5.32 Å². The minimum Gasteiger partial charge on any atom is -0.387 e. The number of unbranched alkanes of at least 4 members (excludes halogenated alkanes) is 42. The van der Waals surface area contributed by atoms with Gasteiger partial charge in [-0.3, -0.25) is 13.8 Å². The van der Waals surface area contributed by atoms with Gasteiger partial charge in [-0.1, -0.05) is 294 Å². The first-order valence-corrected chi connectivity index (χ1v) is 33.4. The average Bonchev–Trinajstić information content (AvgIpc) is 3.35. The van der Waals surface area contributed by atoms with Crippen LogP contribution in [0.1, 0.15) is 316 Å². The first-order chi connectivity index (χ1) is 35.5. The van der Waals surface area contributed by atoms with Gasteiger partial charge in [0.1, 0.15) is 13.2 Å². The Labute approximate surface area is 455 Å². The molecule has 73 heavy (non-hydrogen) atoms. The summed E-state index contributed by atoms with van der Waals surface area (Å²) in [5, 5.41) is 13.9. The number of rotatable bonds is 59. The zero-order valence-electron chi connectivity index (χ0n) is 49.4. The Bertz CT molecular complexity index is 1280. The topological polar surface area (TPSA) is 105 Å². The third-order valence-corrected chi connectivity index (χ3v) is 15.6. The second-order valence-electron chi connectivity index (χ2n) is 23.1. The van der Waals surface area contributed by atoms with Gasteiger partial charge in [0, 0.05) is 6.42 Å². The molecule has 0 radical (unpaired) electrons. The molecule has 3 unspecified atom stereocenters. The van der Waals surface area contributed by atoms with Crippen molar-refractivity contribution in [2.24, 2.45) is 0 Å². The van der Waals surface area contributed by atoms with Gasteiger partial charge in [-0.05, 0) is 51.4 Å². The van der Waals surface area contributed by atoms with Crippen molar-refractivity contribution in [2.45, 2.75) is 328 Å². The van der Waals surface area contributed by atoms with E-state index in [0.29, 0.717) is 17.4 Å². The number of hydrogen-bond acceptors (Lipinski definition) is 5. The number of nitrogens with one attached hydrogen (secondary N) is 1. The molecule has 0 aliphatic heterocycles. The maximum Gasteiger partial charge on any atom is 0.472 e. The molecule has 0 aromatic carbocycles. The number of allylic oxidation sites excluding steroid dienone is 5. The van der Waals surface area contributed by atoms with Crippen LogP contribution < -0.4 is 5.32 Å². The van der Waals surface area contributed by atoms with Crippen LogP contribution in [0.25, 0.3) is 0 Å². The molecule has 0 aliphatic carbocycles. The van der Waals surface area contributed by atoms with E-state index in [1.807, 2.05) is 27.2 Å². The lowest BCUT2D eigenvalue weighted by Gasteiger charge is -2.25. The fourth-order valence-corrected chi connectivity index (χ4v) is 10.3. The lowest BCUT2D eigenvalue weighted by Crippen LogP contribution is -2.45. The molecule has 432 valence electrons. The van der Waals surface area contributed by atoms with Gasteiger partial charge in [-0.2, -0.15) is 0 Å². The Hall–Kier alpha value is -1.28. The Balaban J connectivity index is 3.84. The van der Waals surface area contributed by atoms with Gasteiger partial charge < -0.3 is 19.8 Å². The molecule has 0 bridgehead atoms. The molecule has 0 rings (SSSR count). The van der Waals surface area contributed by atoms with Gasteiger partial charge in [0.15, 0.2) is 0 Å². The highest BCUT2D eigenvalue weighted by atomic mass is 31.2. The maximum absolute atomic E-state index is 13.0. The molecule has 0 heterocycles. The molecule has 9 heteroatoms. The maximum atomic E-state index is 13.0. The van der Waals surface area contributed by atoms with Gasteiger partial charge in [0.2, 0.25) is 5.91 Å². The summed E-state index contributed by atoms with van der Waals surface area (Å²) in [6.07, 6.45) is 72.9.